The molecule has 0 aromatic carbocycles. The molecule has 0 spiro atoms. The Labute approximate surface area is 133 Å². The number of aromatic nitrogens is 4. The van der Waals surface area contributed by atoms with E-state index in [0.717, 1.165) is 18.5 Å². The fourth-order valence-corrected chi connectivity index (χ4v) is 2.84. The highest BCUT2D eigenvalue weighted by Gasteiger charge is 2.18. The molecule has 1 amide bonds. The number of amides is 1. The second-order valence-electron chi connectivity index (χ2n) is 5.66. The standard InChI is InChI=1S/C16H19N5O2/c22-14-10-13(12-4-1-2-5-12)20-11-21(14)9-8-19-16(23)15-17-6-3-7-18-15/h3,6-7,10-12H,1-2,4-5,8-9H2,(H,19,23). The van der Waals surface area contributed by atoms with Crippen LogP contribution >= 0.6 is 0 Å². The van der Waals surface area contributed by atoms with Crippen LogP contribution in [0.25, 0.3) is 0 Å². The molecule has 0 saturated heterocycles. The summed E-state index contributed by atoms with van der Waals surface area (Å²) in [6, 6.07) is 3.27. The third kappa shape index (κ3) is 3.80. The maximum Gasteiger partial charge on any atom is 0.289 e. The summed E-state index contributed by atoms with van der Waals surface area (Å²) in [5, 5.41) is 2.69. The predicted octanol–water partition coefficient (Wildman–Crippen LogP) is 1.12. The lowest BCUT2D eigenvalue weighted by molar-refractivity contribution is 0.0941. The molecule has 1 N–H and O–H groups in total. The SMILES string of the molecule is O=C(NCCn1cnc(C2CCCC2)cc1=O)c1ncccn1. The van der Waals surface area contributed by atoms with Crippen LogP contribution < -0.4 is 10.9 Å². The quantitative estimate of drug-likeness (QED) is 0.893. The average molecular weight is 313 g/mol. The summed E-state index contributed by atoms with van der Waals surface area (Å²) < 4.78 is 1.50. The van der Waals surface area contributed by atoms with Gasteiger partial charge in [0, 0.05) is 37.5 Å². The molecule has 2 aromatic rings. The van der Waals surface area contributed by atoms with E-state index in [1.807, 2.05) is 0 Å². The number of nitrogens with zero attached hydrogens (tertiary/aromatic N) is 4. The van der Waals surface area contributed by atoms with Crippen molar-refractivity contribution < 1.29 is 4.79 Å². The van der Waals surface area contributed by atoms with Gasteiger partial charge in [0.1, 0.15) is 0 Å². The number of carbonyl (C=O) groups is 1. The Morgan fingerprint density at radius 1 is 1.22 bits per heavy atom. The molecule has 2 aromatic heterocycles. The third-order valence-electron chi connectivity index (χ3n) is 4.08. The van der Waals surface area contributed by atoms with Gasteiger partial charge < -0.3 is 5.32 Å². The van der Waals surface area contributed by atoms with E-state index in [0.29, 0.717) is 19.0 Å². The molecule has 23 heavy (non-hydrogen) atoms. The molecule has 1 saturated carbocycles. The van der Waals surface area contributed by atoms with Crippen LogP contribution in [0.2, 0.25) is 0 Å². The summed E-state index contributed by atoms with van der Waals surface area (Å²) in [4.78, 5) is 36.1. The van der Waals surface area contributed by atoms with Gasteiger partial charge >= 0.3 is 0 Å². The molecule has 3 rings (SSSR count). The van der Waals surface area contributed by atoms with E-state index in [1.54, 1.807) is 18.5 Å². The smallest absolute Gasteiger partial charge is 0.289 e. The van der Waals surface area contributed by atoms with E-state index in [-0.39, 0.29) is 17.3 Å². The first kappa shape index (κ1) is 15.3. The molecule has 0 aliphatic heterocycles. The molecule has 1 aliphatic carbocycles. The van der Waals surface area contributed by atoms with Crippen molar-refractivity contribution in [2.45, 2.75) is 38.1 Å². The maximum absolute atomic E-state index is 12.1. The van der Waals surface area contributed by atoms with Crippen molar-refractivity contribution in [3.63, 3.8) is 0 Å². The molecule has 120 valence electrons. The van der Waals surface area contributed by atoms with Crippen molar-refractivity contribution in [2.24, 2.45) is 0 Å². The number of rotatable bonds is 5. The highest BCUT2D eigenvalue weighted by molar-refractivity contribution is 5.90. The van der Waals surface area contributed by atoms with Gasteiger partial charge in [0.25, 0.3) is 11.5 Å². The van der Waals surface area contributed by atoms with Crippen molar-refractivity contribution in [1.29, 1.82) is 0 Å². The van der Waals surface area contributed by atoms with Gasteiger partial charge in [-0.1, -0.05) is 12.8 Å². The molecule has 7 heteroatoms. The number of hydrogen-bond acceptors (Lipinski definition) is 5. The molecule has 0 bridgehead atoms. The van der Waals surface area contributed by atoms with Gasteiger partial charge in [0.15, 0.2) is 0 Å². The number of carbonyl (C=O) groups excluding carboxylic acids is 1. The van der Waals surface area contributed by atoms with Crippen LogP contribution in [0.5, 0.6) is 0 Å². The first-order valence-corrected chi connectivity index (χ1v) is 7.85. The van der Waals surface area contributed by atoms with Crippen molar-refractivity contribution in [2.75, 3.05) is 6.54 Å². The molecule has 7 nitrogen and oxygen atoms in total. The van der Waals surface area contributed by atoms with Gasteiger partial charge in [-0.3, -0.25) is 14.2 Å². The van der Waals surface area contributed by atoms with Gasteiger partial charge in [-0.25, -0.2) is 15.0 Å². The molecule has 2 heterocycles. The number of hydrogen-bond donors (Lipinski definition) is 1. The fourth-order valence-electron chi connectivity index (χ4n) is 2.84. The minimum atomic E-state index is -0.353. The zero-order chi connectivity index (χ0) is 16.1. The topological polar surface area (TPSA) is 89.8 Å². The first-order valence-electron chi connectivity index (χ1n) is 7.85. The minimum absolute atomic E-state index is 0.0767. The lowest BCUT2D eigenvalue weighted by Gasteiger charge is -2.10. The number of nitrogens with one attached hydrogen (secondary N) is 1. The highest BCUT2D eigenvalue weighted by atomic mass is 16.2. The van der Waals surface area contributed by atoms with E-state index < -0.39 is 0 Å². The Morgan fingerprint density at radius 3 is 2.65 bits per heavy atom. The second-order valence-corrected chi connectivity index (χ2v) is 5.66. The van der Waals surface area contributed by atoms with Gasteiger partial charge in [-0.15, -0.1) is 0 Å². The summed E-state index contributed by atoms with van der Waals surface area (Å²) in [5.74, 6) is 0.191. The van der Waals surface area contributed by atoms with E-state index >= 15 is 0 Å². The predicted molar refractivity (Wildman–Crippen MR) is 84.1 cm³/mol. The summed E-state index contributed by atoms with van der Waals surface area (Å²) in [7, 11) is 0. The summed E-state index contributed by atoms with van der Waals surface area (Å²) >= 11 is 0. The zero-order valence-electron chi connectivity index (χ0n) is 12.8. The van der Waals surface area contributed by atoms with Crippen LogP contribution in [0.1, 0.15) is 47.9 Å². The summed E-state index contributed by atoms with van der Waals surface area (Å²) in [6.07, 6.45) is 9.25. The van der Waals surface area contributed by atoms with Crippen molar-refractivity contribution >= 4 is 5.91 Å². The Morgan fingerprint density at radius 2 is 1.96 bits per heavy atom. The van der Waals surface area contributed by atoms with E-state index in [4.69, 9.17) is 0 Å². The average Bonchev–Trinajstić information content (AvgIpc) is 3.11. The second kappa shape index (κ2) is 7.13. The third-order valence-corrected chi connectivity index (χ3v) is 4.08. The monoisotopic (exact) mass is 313 g/mol. The normalized spacial score (nSPS) is 14.8. The Bertz CT molecular complexity index is 723. The molecule has 0 unspecified atom stereocenters. The first-order chi connectivity index (χ1) is 11.2. The van der Waals surface area contributed by atoms with Crippen LogP contribution in [0, 0.1) is 0 Å². The molecular formula is C16H19N5O2. The maximum atomic E-state index is 12.1. The molecule has 1 aliphatic rings. The molecule has 0 radical (unpaired) electrons. The Balaban J connectivity index is 1.56. The zero-order valence-corrected chi connectivity index (χ0v) is 12.8. The van der Waals surface area contributed by atoms with Crippen molar-refractivity contribution in [1.82, 2.24) is 24.8 Å². The van der Waals surface area contributed by atoms with Gasteiger partial charge in [-0.05, 0) is 18.9 Å². The largest absolute Gasteiger partial charge is 0.348 e. The Kier molecular flexibility index (Phi) is 4.75. The lowest BCUT2D eigenvalue weighted by atomic mass is 10.0. The molecule has 0 atom stereocenters. The minimum Gasteiger partial charge on any atom is -0.348 e. The van der Waals surface area contributed by atoms with Gasteiger partial charge in [0.05, 0.1) is 12.0 Å². The van der Waals surface area contributed by atoms with E-state index in [2.05, 4.69) is 20.3 Å². The van der Waals surface area contributed by atoms with E-state index in [9.17, 15) is 9.59 Å². The van der Waals surface area contributed by atoms with Crippen LogP contribution in [0.15, 0.2) is 35.6 Å². The van der Waals surface area contributed by atoms with Crippen LogP contribution in [0.4, 0.5) is 0 Å². The molecule has 1 fully saturated rings. The summed E-state index contributed by atoms with van der Waals surface area (Å²) in [5.41, 5.74) is 0.817. The van der Waals surface area contributed by atoms with Crippen LogP contribution in [-0.4, -0.2) is 32.0 Å². The van der Waals surface area contributed by atoms with Crippen molar-refractivity contribution in [3.05, 3.63) is 52.7 Å². The Hall–Kier alpha value is -2.57. The molecular weight excluding hydrogens is 294 g/mol. The van der Waals surface area contributed by atoms with Crippen LogP contribution in [-0.2, 0) is 6.54 Å². The summed E-state index contributed by atoms with van der Waals surface area (Å²) in [6.45, 7) is 0.691. The van der Waals surface area contributed by atoms with Crippen LogP contribution in [0.3, 0.4) is 0 Å². The lowest BCUT2D eigenvalue weighted by Crippen LogP contribution is -2.32. The van der Waals surface area contributed by atoms with Gasteiger partial charge in [-0.2, -0.15) is 0 Å². The highest BCUT2D eigenvalue weighted by Crippen LogP contribution is 2.32. The van der Waals surface area contributed by atoms with Crippen molar-refractivity contribution in [3.8, 4) is 0 Å². The fraction of sp³-hybridized carbons (Fsp3) is 0.438. The van der Waals surface area contributed by atoms with Gasteiger partial charge in [0.2, 0.25) is 5.82 Å². The van der Waals surface area contributed by atoms with E-state index in [1.165, 1.54) is 29.8 Å².